The van der Waals surface area contributed by atoms with Gasteiger partial charge in [-0.3, -0.25) is 0 Å². The molecule has 0 unspecified atom stereocenters. The lowest BCUT2D eigenvalue weighted by Crippen LogP contribution is -2.02. The van der Waals surface area contributed by atoms with Crippen molar-refractivity contribution in [1.29, 1.82) is 0 Å². The molecule has 78 valence electrons. The van der Waals surface area contributed by atoms with Gasteiger partial charge in [-0.15, -0.1) is 0 Å². The van der Waals surface area contributed by atoms with Crippen LogP contribution in [0.3, 0.4) is 0 Å². The average Bonchev–Trinajstić information content (AvgIpc) is 2.18. The highest BCUT2D eigenvalue weighted by Gasteiger charge is 2.06. The van der Waals surface area contributed by atoms with Gasteiger partial charge in [0.25, 0.3) is 0 Å². The molecular weight excluding hydrogens is 178 g/mol. The van der Waals surface area contributed by atoms with Gasteiger partial charge in [-0.1, -0.05) is 19.4 Å². The summed E-state index contributed by atoms with van der Waals surface area (Å²) >= 11 is 0. The van der Waals surface area contributed by atoms with Gasteiger partial charge in [0, 0.05) is 11.3 Å². The second kappa shape index (κ2) is 5.50. The van der Waals surface area contributed by atoms with Gasteiger partial charge in [-0.05, 0) is 25.0 Å². The first kappa shape index (κ1) is 10.9. The summed E-state index contributed by atoms with van der Waals surface area (Å²) in [5, 5.41) is 8.70. The monoisotopic (exact) mass is 195 g/mol. The van der Waals surface area contributed by atoms with E-state index in [0.717, 1.165) is 30.5 Å². The number of benzene rings is 1. The van der Waals surface area contributed by atoms with E-state index in [0.29, 0.717) is 5.75 Å². The molecule has 0 fully saturated rings. The zero-order valence-corrected chi connectivity index (χ0v) is 8.49. The molecule has 3 nitrogen and oxygen atoms in total. The normalized spacial score (nSPS) is 10.1. The molecule has 0 atom stereocenters. The maximum Gasteiger partial charge on any atom is 0.186 e. The predicted octanol–water partition coefficient (Wildman–Crippen LogP) is 1.94. The van der Waals surface area contributed by atoms with Crippen LogP contribution >= 0.6 is 0 Å². The Morgan fingerprint density at radius 1 is 1.43 bits per heavy atom. The molecule has 0 aromatic heterocycles. The van der Waals surface area contributed by atoms with Gasteiger partial charge in [0.05, 0.1) is 0 Å². The van der Waals surface area contributed by atoms with Crippen molar-refractivity contribution in [2.45, 2.75) is 26.2 Å². The number of anilines is 1. The predicted molar refractivity (Wildman–Crippen MR) is 57.2 cm³/mol. The number of aliphatic hydroxyl groups excluding tert-OH is 1. The van der Waals surface area contributed by atoms with Gasteiger partial charge < -0.3 is 15.6 Å². The third kappa shape index (κ3) is 2.64. The first-order valence-corrected chi connectivity index (χ1v) is 4.90. The van der Waals surface area contributed by atoms with E-state index in [1.807, 2.05) is 18.2 Å². The van der Waals surface area contributed by atoms with Crippen LogP contribution in [0.15, 0.2) is 18.2 Å². The van der Waals surface area contributed by atoms with Gasteiger partial charge in [0.1, 0.15) is 5.75 Å². The minimum atomic E-state index is -0.303. The Bertz CT molecular complexity index is 287. The van der Waals surface area contributed by atoms with Gasteiger partial charge in [-0.2, -0.15) is 0 Å². The van der Waals surface area contributed by atoms with Crippen LogP contribution in [0, 0.1) is 0 Å². The van der Waals surface area contributed by atoms with Crippen LogP contribution in [0.25, 0.3) is 0 Å². The Balaban J connectivity index is 2.84. The first-order chi connectivity index (χ1) is 6.79. The van der Waals surface area contributed by atoms with E-state index >= 15 is 0 Å². The van der Waals surface area contributed by atoms with Gasteiger partial charge in [0.15, 0.2) is 6.79 Å². The summed E-state index contributed by atoms with van der Waals surface area (Å²) in [7, 11) is 0. The molecule has 0 saturated carbocycles. The highest BCUT2D eigenvalue weighted by molar-refractivity contribution is 5.54. The smallest absolute Gasteiger partial charge is 0.186 e. The van der Waals surface area contributed by atoms with Crippen molar-refractivity contribution in [2.75, 3.05) is 12.5 Å². The molecule has 0 radical (unpaired) electrons. The molecule has 1 aromatic carbocycles. The fraction of sp³-hybridized carbons (Fsp3) is 0.455. The third-order valence-corrected chi connectivity index (χ3v) is 2.17. The second-order valence-corrected chi connectivity index (χ2v) is 3.20. The Kier molecular flexibility index (Phi) is 4.26. The Morgan fingerprint density at radius 3 is 2.86 bits per heavy atom. The number of ether oxygens (including phenoxy) is 1. The molecular formula is C11H17NO2. The topological polar surface area (TPSA) is 55.5 Å². The average molecular weight is 195 g/mol. The fourth-order valence-corrected chi connectivity index (χ4v) is 1.41. The molecule has 0 spiro atoms. The van der Waals surface area contributed by atoms with Crippen LogP contribution in [0.4, 0.5) is 5.69 Å². The number of rotatable bonds is 5. The van der Waals surface area contributed by atoms with Gasteiger partial charge in [-0.25, -0.2) is 0 Å². The van der Waals surface area contributed by atoms with Crippen LogP contribution in [0.2, 0.25) is 0 Å². The SMILES string of the molecule is CCCCc1c(N)cccc1OCO. The van der Waals surface area contributed by atoms with Crippen LogP contribution in [0.1, 0.15) is 25.3 Å². The van der Waals surface area contributed by atoms with Crippen molar-refractivity contribution in [3.63, 3.8) is 0 Å². The molecule has 14 heavy (non-hydrogen) atoms. The summed E-state index contributed by atoms with van der Waals surface area (Å²) in [4.78, 5) is 0. The lowest BCUT2D eigenvalue weighted by atomic mass is 10.1. The van der Waals surface area contributed by atoms with Gasteiger partial charge >= 0.3 is 0 Å². The van der Waals surface area contributed by atoms with Crippen LogP contribution in [-0.4, -0.2) is 11.9 Å². The molecule has 1 rings (SSSR count). The van der Waals surface area contributed by atoms with E-state index in [1.54, 1.807) is 0 Å². The number of nitrogen functional groups attached to an aromatic ring is 1. The summed E-state index contributed by atoms with van der Waals surface area (Å²) in [6.07, 6.45) is 3.10. The Labute approximate surface area is 84.5 Å². The maximum atomic E-state index is 8.70. The Morgan fingerprint density at radius 2 is 2.21 bits per heavy atom. The van der Waals surface area contributed by atoms with Crippen molar-refractivity contribution in [1.82, 2.24) is 0 Å². The number of hydrogen-bond acceptors (Lipinski definition) is 3. The van der Waals surface area contributed by atoms with Crippen LogP contribution < -0.4 is 10.5 Å². The summed E-state index contributed by atoms with van der Waals surface area (Å²) in [5.74, 6) is 0.695. The number of unbranched alkanes of at least 4 members (excludes halogenated alkanes) is 1. The van der Waals surface area contributed by atoms with E-state index < -0.39 is 0 Å². The summed E-state index contributed by atoms with van der Waals surface area (Å²) in [5.41, 5.74) is 7.57. The zero-order chi connectivity index (χ0) is 10.4. The minimum absolute atomic E-state index is 0.303. The maximum absolute atomic E-state index is 8.70. The largest absolute Gasteiger partial charge is 0.467 e. The standard InChI is InChI=1S/C11H17NO2/c1-2-3-5-9-10(12)6-4-7-11(9)14-8-13/h4,6-7,13H,2-3,5,8,12H2,1H3. The molecule has 0 amide bonds. The summed E-state index contributed by atoms with van der Waals surface area (Å²) < 4.78 is 5.09. The van der Waals surface area contributed by atoms with E-state index in [1.165, 1.54) is 0 Å². The van der Waals surface area contributed by atoms with E-state index in [2.05, 4.69) is 6.92 Å². The van der Waals surface area contributed by atoms with E-state index in [-0.39, 0.29) is 6.79 Å². The van der Waals surface area contributed by atoms with Crippen molar-refractivity contribution in [3.8, 4) is 5.75 Å². The van der Waals surface area contributed by atoms with Crippen LogP contribution in [-0.2, 0) is 6.42 Å². The van der Waals surface area contributed by atoms with E-state index in [4.69, 9.17) is 15.6 Å². The lowest BCUT2D eigenvalue weighted by Gasteiger charge is -2.11. The molecule has 0 saturated heterocycles. The van der Waals surface area contributed by atoms with Crippen molar-refractivity contribution in [2.24, 2.45) is 0 Å². The molecule has 1 aromatic rings. The van der Waals surface area contributed by atoms with E-state index in [9.17, 15) is 0 Å². The molecule has 3 N–H and O–H groups in total. The highest BCUT2D eigenvalue weighted by atomic mass is 16.6. The molecule has 0 aliphatic rings. The minimum Gasteiger partial charge on any atom is -0.467 e. The second-order valence-electron chi connectivity index (χ2n) is 3.20. The first-order valence-electron chi connectivity index (χ1n) is 4.90. The fourth-order valence-electron chi connectivity index (χ4n) is 1.41. The third-order valence-electron chi connectivity index (χ3n) is 2.17. The number of nitrogens with two attached hydrogens (primary N) is 1. The molecule has 0 aliphatic carbocycles. The van der Waals surface area contributed by atoms with Crippen molar-refractivity contribution >= 4 is 5.69 Å². The number of aliphatic hydroxyl groups is 1. The molecule has 0 bridgehead atoms. The number of hydrogen-bond donors (Lipinski definition) is 2. The van der Waals surface area contributed by atoms with Gasteiger partial charge in [0.2, 0.25) is 0 Å². The molecule has 0 heterocycles. The quantitative estimate of drug-likeness (QED) is 0.557. The Hall–Kier alpha value is -1.22. The lowest BCUT2D eigenvalue weighted by molar-refractivity contribution is 0.0976. The molecule has 3 heteroatoms. The van der Waals surface area contributed by atoms with Crippen molar-refractivity contribution in [3.05, 3.63) is 23.8 Å². The van der Waals surface area contributed by atoms with Crippen molar-refractivity contribution < 1.29 is 9.84 Å². The van der Waals surface area contributed by atoms with Crippen LogP contribution in [0.5, 0.6) is 5.75 Å². The summed E-state index contributed by atoms with van der Waals surface area (Å²) in [6.45, 7) is 1.83. The molecule has 0 aliphatic heterocycles. The highest BCUT2D eigenvalue weighted by Crippen LogP contribution is 2.25. The zero-order valence-electron chi connectivity index (χ0n) is 8.49. The summed E-state index contributed by atoms with van der Waals surface area (Å²) in [6, 6.07) is 5.52.